The molecule has 0 fully saturated rings. The number of hydrogen-bond acceptors (Lipinski definition) is 2. The molecule has 0 aromatic rings. The Labute approximate surface area is 76.8 Å². The summed E-state index contributed by atoms with van der Waals surface area (Å²) < 4.78 is -1.13. The quantitative estimate of drug-likeness (QED) is 0.714. The molecule has 2 N–H and O–H groups in total. The summed E-state index contributed by atoms with van der Waals surface area (Å²) in [6, 6.07) is 0. The predicted octanol–water partition coefficient (Wildman–Crippen LogP) is 1.27. The van der Waals surface area contributed by atoms with E-state index in [-0.39, 0.29) is 0 Å². The molecule has 0 aliphatic heterocycles. The van der Waals surface area contributed by atoms with Gasteiger partial charge in [-0.1, -0.05) is 47.8 Å². The van der Waals surface area contributed by atoms with Gasteiger partial charge >= 0.3 is 5.97 Å². The van der Waals surface area contributed by atoms with Gasteiger partial charge in [0, 0.05) is 0 Å². The zero-order chi connectivity index (χ0) is 7.65. The Bertz CT molecular complexity index is 118. The summed E-state index contributed by atoms with van der Waals surface area (Å²) >= 11 is 8.54. The normalized spacial score (nSPS) is 15.1. The Morgan fingerprint density at radius 1 is 1.44 bits per heavy atom. The molecule has 0 aliphatic rings. The lowest BCUT2D eigenvalue weighted by Gasteiger charge is -2.14. The monoisotopic (exact) mass is 324 g/mol. The van der Waals surface area contributed by atoms with E-state index in [1.54, 1.807) is 0 Å². The van der Waals surface area contributed by atoms with Crippen molar-refractivity contribution in [1.82, 2.24) is 0 Å². The Morgan fingerprint density at radius 2 is 1.78 bits per heavy atom. The zero-order valence-electron chi connectivity index (χ0n) is 4.01. The predicted molar refractivity (Wildman–Crippen MR) is 43.2 cm³/mol. The van der Waals surface area contributed by atoms with Crippen LogP contribution in [0.15, 0.2) is 0 Å². The molecule has 0 saturated heterocycles. The Kier molecular flexibility index (Phi) is 3.64. The fraction of sp³-hybridized carbons (Fsp3) is 0.667. The topological polar surface area (TPSA) is 57.5 Å². The fourth-order valence-electron chi connectivity index (χ4n) is 0.140. The first-order valence-electron chi connectivity index (χ1n) is 1.83. The lowest BCUT2D eigenvalue weighted by atomic mass is 10.4. The number of aliphatic carboxylic acids is 1. The number of aliphatic hydroxyl groups is 1. The smallest absolute Gasteiger partial charge is 0.335 e. The largest absolute Gasteiger partial charge is 0.479 e. The summed E-state index contributed by atoms with van der Waals surface area (Å²) in [5.74, 6) is -1.30. The molecule has 54 valence electrons. The van der Waals surface area contributed by atoms with Crippen LogP contribution in [0.4, 0.5) is 0 Å². The minimum atomic E-state index is -1.52. The maximum atomic E-state index is 10.0. The number of alkyl halides is 3. The highest BCUT2D eigenvalue weighted by Crippen LogP contribution is 2.36. The first-order chi connectivity index (χ1) is 3.85. The molecule has 0 aromatic carbocycles. The van der Waals surface area contributed by atoms with Gasteiger partial charge in [-0.15, -0.1) is 0 Å². The molecule has 0 saturated carbocycles. The number of halogens is 3. The maximum absolute atomic E-state index is 10.0. The van der Waals surface area contributed by atoms with Crippen LogP contribution in [-0.4, -0.2) is 24.4 Å². The molecule has 6 heteroatoms. The first-order valence-corrected chi connectivity index (χ1v) is 4.21. The summed E-state index contributed by atoms with van der Waals surface area (Å²) in [5, 5.41) is 16.9. The SMILES string of the molecule is O=C(O)C(O)C(Br)(Br)Br. The summed E-state index contributed by atoms with van der Waals surface area (Å²) in [6.45, 7) is 0. The van der Waals surface area contributed by atoms with Crippen LogP contribution in [-0.2, 0) is 4.79 Å². The zero-order valence-corrected chi connectivity index (χ0v) is 8.77. The van der Waals surface area contributed by atoms with E-state index in [2.05, 4.69) is 47.8 Å². The number of aliphatic hydroxyl groups excluding tert-OH is 1. The van der Waals surface area contributed by atoms with E-state index in [4.69, 9.17) is 10.2 Å². The minimum absolute atomic E-state index is 1.13. The molecule has 0 spiro atoms. The van der Waals surface area contributed by atoms with Gasteiger partial charge in [0.2, 0.25) is 0 Å². The third kappa shape index (κ3) is 3.54. The van der Waals surface area contributed by atoms with E-state index in [9.17, 15) is 4.79 Å². The van der Waals surface area contributed by atoms with E-state index in [1.165, 1.54) is 0 Å². The van der Waals surface area contributed by atoms with Gasteiger partial charge in [0.1, 0.15) is 0 Å². The van der Waals surface area contributed by atoms with Gasteiger partial charge in [-0.2, -0.15) is 0 Å². The number of rotatable bonds is 1. The van der Waals surface area contributed by atoms with Gasteiger partial charge in [0.25, 0.3) is 0 Å². The standard InChI is InChI=1S/C3H3Br3O3/c4-3(5,6)1(7)2(8)9/h1,7H,(H,8,9). The van der Waals surface area contributed by atoms with Crippen LogP contribution in [0.1, 0.15) is 0 Å². The number of carboxylic acid groups (broad SMARTS) is 1. The van der Waals surface area contributed by atoms with Crippen molar-refractivity contribution in [3.05, 3.63) is 0 Å². The lowest BCUT2D eigenvalue weighted by Crippen LogP contribution is -2.32. The highest BCUT2D eigenvalue weighted by Gasteiger charge is 2.34. The van der Waals surface area contributed by atoms with Crippen molar-refractivity contribution in [1.29, 1.82) is 0 Å². The summed E-state index contributed by atoms with van der Waals surface area (Å²) in [5.41, 5.74) is 0. The third-order valence-electron chi connectivity index (χ3n) is 0.544. The van der Waals surface area contributed by atoms with E-state index >= 15 is 0 Å². The van der Waals surface area contributed by atoms with Gasteiger partial charge in [-0.25, -0.2) is 4.79 Å². The molecule has 1 atom stereocenters. The second-order valence-corrected chi connectivity index (χ2v) is 8.23. The molecule has 0 aromatic heterocycles. The van der Waals surface area contributed by atoms with Crippen LogP contribution in [0.3, 0.4) is 0 Å². The molecule has 0 heterocycles. The van der Waals surface area contributed by atoms with Crippen molar-refractivity contribution >= 4 is 53.8 Å². The highest BCUT2D eigenvalue weighted by atomic mass is 80.0. The van der Waals surface area contributed by atoms with E-state index in [0.717, 1.165) is 0 Å². The second-order valence-electron chi connectivity index (χ2n) is 1.28. The van der Waals surface area contributed by atoms with Crippen molar-refractivity contribution in [2.75, 3.05) is 0 Å². The molecular formula is C3H3Br3O3. The van der Waals surface area contributed by atoms with E-state index in [0.29, 0.717) is 0 Å². The van der Waals surface area contributed by atoms with Crippen molar-refractivity contribution in [2.45, 2.75) is 8.25 Å². The Hall–Kier alpha value is 0.870. The minimum Gasteiger partial charge on any atom is -0.479 e. The molecule has 0 bridgehead atoms. The Morgan fingerprint density at radius 3 is 1.78 bits per heavy atom. The van der Waals surface area contributed by atoms with Gasteiger partial charge in [-0.05, 0) is 0 Å². The van der Waals surface area contributed by atoms with Crippen LogP contribution in [0, 0.1) is 0 Å². The van der Waals surface area contributed by atoms with Crippen molar-refractivity contribution in [3.63, 3.8) is 0 Å². The average molecular weight is 327 g/mol. The number of carbonyl (C=O) groups is 1. The summed E-state index contributed by atoms with van der Waals surface area (Å²) in [6.07, 6.45) is -1.52. The molecule has 0 radical (unpaired) electrons. The first kappa shape index (κ1) is 9.87. The molecule has 9 heavy (non-hydrogen) atoms. The third-order valence-corrected chi connectivity index (χ3v) is 1.84. The van der Waals surface area contributed by atoms with Crippen LogP contribution >= 0.6 is 47.8 Å². The second kappa shape index (κ2) is 3.32. The van der Waals surface area contributed by atoms with Crippen molar-refractivity contribution in [2.24, 2.45) is 0 Å². The Balaban J connectivity index is 4.04. The van der Waals surface area contributed by atoms with Crippen molar-refractivity contribution < 1.29 is 15.0 Å². The number of hydrogen-bond donors (Lipinski definition) is 2. The van der Waals surface area contributed by atoms with E-state index < -0.39 is 14.2 Å². The van der Waals surface area contributed by atoms with Gasteiger partial charge in [-0.3, -0.25) is 0 Å². The van der Waals surface area contributed by atoms with Gasteiger partial charge in [0.05, 0.1) is 0 Å². The van der Waals surface area contributed by atoms with Crippen LogP contribution in [0.2, 0.25) is 0 Å². The average Bonchev–Trinajstić information content (AvgIpc) is 1.62. The van der Waals surface area contributed by atoms with Crippen LogP contribution in [0.25, 0.3) is 0 Å². The lowest BCUT2D eigenvalue weighted by molar-refractivity contribution is -0.145. The van der Waals surface area contributed by atoms with Gasteiger partial charge < -0.3 is 10.2 Å². The summed E-state index contributed by atoms with van der Waals surface area (Å²) in [7, 11) is 0. The molecular weight excluding hydrogens is 324 g/mol. The molecule has 0 amide bonds. The summed E-state index contributed by atoms with van der Waals surface area (Å²) in [4.78, 5) is 10.0. The molecule has 1 unspecified atom stereocenters. The van der Waals surface area contributed by atoms with Crippen LogP contribution in [0.5, 0.6) is 0 Å². The maximum Gasteiger partial charge on any atom is 0.335 e. The molecule has 0 rings (SSSR count). The van der Waals surface area contributed by atoms with E-state index in [1.807, 2.05) is 0 Å². The number of carboxylic acids is 1. The fourth-order valence-corrected chi connectivity index (χ4v) is 0.728. The van der Waals surface area contributed by atoms with Crippen molar-refractivity contribution in [3.8, 4) is 0 Å². The molecule has 3 nitrogen and oxygen atoms in total. The highest BCUT2D eigenvalue weighted by molar-refractivity contribution is 9.39. The van der Waals surface area contributed by atoms with Crippen LogP contribution < -0.4 is 0 Å². The molecule has 0 aliphatic carbocycles. The van der Waals surface area contributed by atoms with Gasteiger partial charge in [0.15, 0.2) is 8.25 Å².